The molecule has 0 fully saturated rings. The molecule has 1 aliphatic heterocycles. The Hall–Kier alpha value is -3.49. The van der Waals surface area contributed by atoms with Crippen molar-refractivity contribution in [2.75, 3.05) is 11.9 Å². The molecule has 0 bridgehead atoms. The van der Waals surface area contributed by atoms with Crippen molar-refractivity contribution < 1.29 is 9.59 Å². The molecular formula is C18H21N7O2. The van der Waals surface area contributed by atoms with Gasteiger partial charge in [0, 0.05) is 26.1 Å². The summed E-state index contributed by atoms with van der Waals surface area (Å²) in [7, 11) is 1.79. The number of hydrogen-bond acceptors (Lipinski definition) is 5. The van der Waals surface area contributed by atoms with Crippen molar-refractivity contribution in [1.29, 1.82) is 0 Å². The maximum atomic E-state index is 11.4. The smallest absolute Gasteiger partial charge is 0.288 e. The van der Waals surface area contributed by atoms with Crippen LogP contribution in [0.1, 0.15) is 29.0 Å². The Morgan fingerprint density at radius 1 is 1.22 bits per heavy atom. The van der Waals surface area contributed by atoms with E-state index < -0.39 is 5.91 Å². The van der Waals surface area contributed by atoms with Crippen molar-refractivity contribution in [3.8, 4) is 0 Å². The van der Waals surface area contributed by atoms with E-state index in [0.29, 0.717) is 13.0 Å². The van der Waals surface area contributed by atoms with E-state index in [2.05, 4.69) is 15.2 Å². The van der Waals surface area contributed by atoms with Crippen molar-refractivity contribution in [3.63, 3.8) is 0 Å². The summed E-state index contributed by atoms with van der Waals surface area (Å²) in [6, 6.07) is 11.7. The standard InChI is InChI=1S/C10H10N4O.C8H11N3O/c11-9(15)10-12-7-14(13-10)6-8-4-2-1-3-5-8;1-10-7-4-5-9-11(7)6-2-3-8(10)12/h1-5,7H,6H2,(H2,11,15);4-5H,2-3,6H2,1H3. The van der Waals surface area contributed by atoms with Crippen molar-refractivity contribution >= 4 is 17.6 Å². The zero-order valence-electron chi connectivity index (χ0n) is 15.0. The maximum Gasteiger partial charge on any atom is 0.288 e. The van der Waals surface area contributed by atoms with Crippen LogP contribution in [0, 0.1) is 0 Å². The molecule has 27 heavy (non-hydrogen) atoms. The summed E-state index contributed by atoms with van der Waals surface area (Å²) in [6.07, 6.45) is 4.73. The zero-order valence-corrected chi connectivity index (χ0v) is 15.0. The molecule has 0 radical (unpaired) electrons. The van der Waals surface area contributed by atoms with Crippen LogP contribution in [0.4, 0.5) is 5.82 Å². The molecule has 9 nitrogen and oxygen atoms in total. The fraction of sp³-hybridized carbons (Fsp3) is 0.278. The molecule has 0 aliphatic carbocycles. The van der Waals surface area contributed by atoms with Crippen LogP contribution in [-0.4, -0.2) is 43.4 Å². The molecule has 2 amide bonds. The lowest BCUT2D eigenvalue weighted by molar-refractivity contribution is -0.118. The van der Waals surface area contributed by atoms with Crippen LogP contribution in [0.25, 0.3) is 0 Å². The first kappa shape index (κ1) is 18.3. The number of hydrogen-bond donors (Lipinski definition) is 1. The number of rotatable bonds is 3. The Morgan fingerprint density at radius 3 is 2.70 bits per heavy atom. The number of carbonyl (C=O) groups is 2. The van der Waals surface area contributed by atoms with Crippen LogP contribution < -0.4 is 10.6 Å². The van der Waals surface area contributed by atoms with E-state index in [1.807, 2.05) is 41.1 Å². The number of amides is 2. The number of nitrogens with two attached hydrogens (primary N) is 1. The summed E-state index contributed by atoms with van der Waals surface area (Å²) >= 11 is 0. The van der Waals surface area contributed by atoms with Crippen molar-refractivity contribution in [3.05, 3.63) is 60.3 Å². The number of aryl methyl sites for hydroxylation is 1. The van der Waals surface area contributed by atoms with E-state index in [0.717, 1.165) is 24.3 Å². The van der Waals surface area contributed by atoms with E-state index in [9.17, 15) is 9.59 Å². The Labute approximate surface area is 156 Å². The molecule has 3 aromatic rings. The molecule has 1 aliphatic rings. The van der Waals surface area contributed by atoms with Gasteiger partial charge in [-0.3, -0.25) is 9.59 Å². The van der Waals surface area contributed by atoms with E-state index in [4.69, 9.17) is 5.73 Å². The normalized spacial score (nSPS) is 13.4. The highest BCUT2D eigenvalue weighted by atomic mass is 16.2. The average Bonchev–Trinajstić information content (AvgIpc) is 3.29. The fourth-order valence-electron chi connectivity index (χ4n) is 2.71. The largest absolute Gasteiger partial charge is 0.363 e. The summed E-state index contributed by atoms with van der Waals surface area (Å²) in [5.74, 6) is 0.513. The minimum Gasteiger partial charge on any atom is -0.363 e. The number of primary amides is 1. The third-order valence-electron chi connectivity index (χ3n) is 4.12. The molecule has 0 unspecified atom stereocenters. The van der Waals surface area contributed by atoms with Crippen LogP contribution in [0.3, 0.4) is 0 Å². The minimum absolute atomic E-state index is 0.0472. The van der Waals surface area contributed by atoms with Gasteiger partial charge in [0.15, 0.2) is 0 Å². The summed E-state index contributed by atoms with van der Waals surface area (Å²) in [5, 5.41) is 8.06. The lowest BCUT2D eigenvalue weighted by Crippen LogP contribution is -2.25. The fourth-order valence-corrected chi connectivity index (χ4v) is 2.71. The second-order valence-corrected chi connectivity index (χ2v) is 6.08. The van der Waals surface area contributed by atoms with E-state index >= 15 is 0 Å². The van der Waals surface area contributed by atoms with Gasteiger partial charge in [0.2, 0.25) is 11.7 Å². The minimum atomic E-state index is -0.609. The predicted octanol–water partition coefficient (Wildman–Crippen LogP) is 1.06. The second-order valence-electron chi connectivity index (χ2n) is 6.08. The quantitative estimate of drug-likeness (QED) is 0.744. The van der Waals surface area contributed by atoms with Crippen LogP contribution in [0.2, 0.25) is 0 Å². The van der Waals surface area contributed by atoms with Gasteiger partial charge in [-0.2, -0.15) is 5.10 Å². The Balaban J connectivity index is 0.000000159. The van der Waals surface area contributed by atoms with Crippen LogP contribution in [0.15, 0.2) is 48.9 Å². The number of anilines is 1. The first-order chi connectivity index (χ1) is 13.0. The van der Waals surface area contributed by atoms with Crippen LogP contribution >= 0.6 is 0 Å². The maximum absolute atomic E-state index is 11.4. The summed E-state index contributed by atoms with van der Waals surface area (Å²) in [6.45, 7) is 1.43. The third kappa shape index (κ3) is 4.57. The van der Waals surface area contributed by atoms with Gasteiger partial charge in [-0.15, -0.1) is 5.10 Å². The monoisotopic (exact) mass is 367 g/mol. The molecule has 2 aromatic heterocycles. The molecular weight excluding hydrogens is 346 g/mol. The number of aromatic nitrogens is 5. The first-order valence-corrected chi connectivity index (χ1v) is 8.56. The van der Waals surface area contributed by atoms with Gasteiger partial charge in [0.25, 0.3) is 5.91 Å². The number of benzene rings is 1. The van der Waals surface area contributed by atoms with Crippen LogP contribution in [0.5, 0.6) is 0 Å². The van der Waals surface area contributed by atoms with Gasteiger partial charge in [-0.05, 0) is 12.0 Å². The molecule has 0 atom stereocenters. The number of fused-ring (bicyclic) bond motifs is 1. The van der Waals surface area contributed by atoms with Crippen molar-refractivity contribution in [2.24, 2.45) is 5.73 Å². The molecule has 0 saturated heterocycles. The van der Waals surface area contributed by atoms with Gasteiger partial charge >= 0.3 is 0 Å². The van der Waals surface area contributed by atoms with Crippen molar-refractivity contribution in [1.82, 2.24) is 24.5 Å². The number of carbonyl (C=O) groups excluding carboxylic acids is 2. The molecule has 0 saturated carbocycles. The Kier molecular flexibility index (Phi) is 5.60. The zero-order chi connectivity index (χ0) is 19.2. The highest BCUT2D eigenvalue weighted by Gasteiger charge is 2.18. The predicted molar refractivity (Wildman–Crippen MR) is 99.0 cm³/mol. The topological polar surface area (TPSA) is 112 Å². The van der Waals surface area contributed by atoms with Gasteiger partial charge in [-0.25, -0.2) is 14.3 Å². The van der Waals surface area contributed by atoms with Gasteiger partial charge in [0.05, 0.1) is 12.7 Å². The van der Waals surface area contributed by atoms with Gasteiger partial charge < -0.3 is 10.6 Å². The van der Waals surface area contributed by atoms with Gasteiger partial charge in [-0.1, -0.05) is 30.3 Å². The van der Waals surface area contributed by atoms with Gasteiger partial charge in [0.1, 0.15) is 12.1 Å². The summed E-state index contributed by atoms with van der Waals surface area (Å²) < 4.78 is 3.44. The first-order valence-electron chi connectivity index (χ1n) is 8.56. The van der Waals surface area contributed by atoms with E-state index in [-0.39, 0.29) is 11.7 Å². The molecule has 2 N–H and O–H groups in total. The lowest BCUT2D eigenvalue weighted by atomic mass is 10.2. The molecule has 3 heterocycles. The third-order valence-corrected chi connectivity index (χ3v) is 4.12. The van der Waals surface area contributed by atoms with Crippen molar-refractivity contribution in [2.45, 2.75) is 25.9 Å². The van der Waals surface area contributed by atoms with E-state index in [1.54, 1.807) is 22.8 Å². The molecule has 4 rings (SSSR count). The Bertz CT molecular complexity index is 917. The molecule has 140 valence electrons. The molecule has 1 aromatic carbocycles. The number of nitrogens with zero attached hydrogens (tertiary/aromatic N) is 6. The lowest BCUT2D eigenvalue weighted by Gasteiger charge is -2.13. The highest BCUT2D eigenvalue weighted by Crippen LogP contribution is 2.17. The Morgan fingerprint density at radius 2 is 2.00 bits per heavy atom. The summed E-state index contributed by atoms with van der Waals surface area (Å²) in [4.78, 5) is 27.6. The summed E-state index contributed by atoms with van der Waals surface area (Å²) in [5.41, 5.74) is 6.14. The second kappa shape index (κ2) is 8.26. The molecule has 0 spiro atoms. The van der Waals surface area contributed by atoms with Crippen LogP contribution in [-0.2, 0) is 17.9 Å². The average molecular weight is 367 g/mol. The molecule has 9 heteroatoms. The SMILES string of the molecule is CN1C(=O)CCCn2nccc21.NC(=O)c1ncn(Cc2ccccc2)n1. The highest BCUT2D eigenvalue weighted by molar-refractivity contribution is 5.92. The van der Waals surface area contributed by atoms with E-state index in [1.165, 1.54) is 6.33 Å².